The fourth-order valence-corrected chi connectivity index (χ4v) is 14.2. The van der Waals surface area contributed by atoms with Gasteiger partial charge in [-0.2, -0.15) is 0 Å². The van der Waals surface area contributed by atoms with Gasteiger partial charge in [0.1, 0.15) is 4.11 Å². The summed E-state index contributed by atoms with van der Waals surface area (Å²) in [4.78, 5) is 0. The van der Waals surface area contributed by atoms with E-state index < -0.39 is 8.07 Å². The minimum absolute atomic E-state index is 0.440. The summed E-state index contributed by atoms with van der Waals surface area (Å²) in [6, 6.07) is 0. The van der Waals surface area contributed by atoms with Gasteiger partial charge in [0, 0.05) is 0 Å². The van der Waals surface area contributed by atoms with E-state index in [0.29, 0.717) is 10.2 Å². The second kappa shape index (κ2) is 5.91. The lowest BCUT2D eigenvalue weighted by Gasteiger charge is -2.48. The SMILES string of the molecule is CC(C)[Si](C(C)C)(C(C)C)[C@H]1C[C@H](I)O[C@@H]1C. The lowest BCUT2D eigenvalue weighted by Crippen LogP contribution is -2.50. The van der Waals surface area contributed by atoms with E-state index in [1.165, 1.54) is 6.42 Å². The molecule has 0 radical (unpaired) electrons. The zero-order valence-electron chi connectivity index (χ0n) is 12.5. The van der Waals surface area contributed by atoms with Crippen LogP contribution in [0.3, 0.4) is 0 Å². The monoisotopic (exact) mass is 368 g/mol. The summed E-state index contributed by atoms with van der Waals surface area (Å²) in [5, 5.41) is 0. The molecule has 1 nitrogen and oxygen atoms in total. The Bertz CT molecular complexity index is 231. The first-order chi connectivity index (χ1) is 7.74. The average molecular weight is 368 g/mol. The third-order valence-corrected chi connectivity index (χ3v) is 13.8. The van der Waals surface area contributed by atoms with E-state index in [-0.39, 0.29) is 0 Å². The Balaban J connectivity index is 3.13. The summed E-state index contributed by atoms with van der Waals surface area (Å²) in [7, 11) is -1.33. The van der Waals surface area contributed by atoms with E-state index in [1.807, 2.05) is 0 Å². The van der Waals surface area contributed by atoms with Crippen molar-refractivity contribution in [2.75, 3.05) is 0 Å². The van der Waals surface area contributed by atoms with Gasteiger partial charge in [0.2, 0.25) is 0 Å². The molecule has 1 rings (SSSR count). The van der Waals surface area contributed by atoms with Gasteiger partial charge >= 0.3 is 0 Å². The normalized spacial score (nSPS) is 30.9. The molecule has 0 N–H and O–H groups in total. The van der Waals surface area contributed by atoms with Crippen molar-refractivity contribution >= 4 is 30.7 Å². The van der Waals surface area contributed by atoms with Crippen molar-refractivity contribution in [3.8, 4) is 0 Å². The van der Waals surface area contributed by atoms with Crippen LogP contribution in [-0.2, 0) is 4.74 Å². The van der Waals surface area contributed by atoms with Gasteiger partial charge in [-0.1, -0.05) is 80.8 Å². The molecule has 1 heterocycles. The highest BCUT2D eigenvalue weighted by atomic mass is 127. The first-order valence-electron chi connectivity index (χ1n) is 7.04. The number of ether oxygens (including phenoxy) is 1. The van der Waals surface area contributed by atoms with Gasteiger partial charge in [0.25, 0.3) is 0 Å². The van der Waals surface area contributed by atoms with E-state index in [9.17, 15) is 0 Å². The Morgan fingerprint density at radius 1 is 1.00 bits per heavy atom. The van der Waals surface area contributed by atoms with Crippen LogP contribution in [0.2, 0.25) is 22.2 Å². The fraction of sp³-hybridized carbons (Fsp3) is 1.00. The summed E-state index contributed by atoms with van der Waals surface area (Å²) in [5.74, 6) is 0. The standard InChI is InChI=1S/C14H29IOSi/c1-9(2)17(10(3)4,11(5)6)13-8-14(15)16-12(13)7/h9-14H,8H2,1-7H3/t12-,13+,14-/m1/s1. The van der Waals surface area contributed by atoms with Gasteiger partial charge in [-0.05, 0) is 18.9 Å². The van der Waals surface area contributed by atoms with E-state index in [1.54, 1.807) is 0 Å². The number of hydrogen-bond donors (Lipinski definition) is 0. The predicted octanol–water partition coefficient (Wildman–Crippen LogP) is 5.61. The minimum atomic E-state index is -1.33. The van der Waals surface area contributed by atoms with Crippen LogP contribution in [0, 0.1) is 0 Å². The number of alkyl halides is 1. The van der Waals surface area contributed by atoms with Crippen LogP contribution in [0.1, 0.15) is 54.9 Å². The summed E-state index contributed by atoms with van der Waals surface area (Å²) in [5.41, 5.74) is 3.38. The van der Waals surface area contributed by atoms with Gasteiger partial charge in [-0.3, -0.25) is 0 Å². The van der Waals surface area contributed by atoms with E-state index in [2.05, 4.69) is 71.1 Å². The Morgan fingerprint density at radius 3 is 1.65 bits per heavy atom. The second-order valence-corrected chi connectivity index (χ2v) is 14.2. The maximum Gasteiger partial charge on any atom is 0.109 e. The van der Waals surface area contributed by atoms with Crippen molar-refractivity contribution in [1.29, 1.82) is 0 Å². The topological polar surface area (TPSA) is 9.23 Å². The zero-order chi connectivity index (χ0) is 13.4. The molecule has 1 fully saturated rings. The Morgan fingerprint density at radius 2 is 1.41 bits per heavy atom. The summed E-state index contributed by atoms with van der Waals surface area (Å²) in [6.07, 6.45) is 1.75. The third-order valence-electron chi connectivity index (χ3n) is 5.01. The molecular weight excluding hydrogens is 339 g/mol. The Labute approximate surface area is 122 Å². The highest BCUT2D eigenvalue weighted by Gasteiger charge is 2.53. The summed E-state index contributed by atoms with van der Waals surface area (Å²) >= 11 is 2.47. The lowest BCUT2D eigenvalue weighted by atomic mass is 10.2. The molecule has 17 heavy (non-hydrogen) atoms. The zero-order valence-corrected chi connectivity index (χ0v) is 15.6. The second-order valence-electron chi connectivity index (χ2n) is 6.56. The third kappa shape index (κ3) is 2.76. The number of rotatable bonds is 4. The van der Waals surface area contributed by atoms with Crippen molar-refractivity contribution in [2.24, 2.45) is 0 Å². The smallest absolute Gasteiger partial charge is 0.109 e. The van der Waals surface area contributed by atoms with E-state index in [4.69, 9.17) is 4.74 Å². The highest BCUT2D eigenvalue weighted by molar-refractivity contribution is 14.1. The van der Waals surface area contributed by atoms with Gasteiger partial charge < -0.3 is 4.74 Å². The van der Waals surface area contributed by atoms with Crippen LogP contribution in [0.4, 0.5) is 0 Å². The molecule has 0 aliphatic carbocycles. The molecule has 3 heteroatoms. The van der Waals surface area contributed by atoms with Crippen LogP contribution in [-0.4, -0.2) is 18.3 Å². The average Bonchev–Trinajstić information content (AvgIpc) is 2.44. The molecular formula is C14H29IOSi. The van der Waals surface area contributed by atoms with Crippen LogP contribution in [0.15, 0.2) is 0 Å². The Hall–Kier alpha value is 0.907. The van der Waals surface area contributed by atoms with Crippen molar-refractivity contribution < 1.29 is 4.74 Å². The van der Waals surface area contributed by atoms with Crippen LogP contribution in [0.25, 0.3) is 0 Å². The van der Waals surface area contributed by atoms with Gasteiger partial charge in [0.15, 0.2) is 0 Å². The molecule has 3 atom stereocenters. The Kier molecular flexibility index (Phi) is 5.55. The van der Waals surface area contributed by atoms with E-state index >= 15 is 0 Å². The molecule has 0 unspecified atom stereocenters. The molecule has 0 aromatic heterocycles. The van der Waals surface area contributed by atoms with E-state index in [0.717, 1.165) is 22.2 Å². The molecule has 1 aliphatic heterocycles. The van der Waals surface area contributed by atoms with Crippen LogP contribution >= 0.6 is 22.6 Å². The lowest BCUT2D eigenvalue weighted by molar-refractivity contribution is 0.113. The first kappa shape index (κ1) is 16.0. The molecule has 0 bridgehead atoms. The fourth-order valence-electron chi connectivity index (χ4n) is 4.67. The molecule has 0 spiro atoms. The summed E-state index contributed by atoms with van der Waals surface area (Å²) < 4.78 is 6.49. The van der Waals surface area contributed by atoms with Gasteiger partial charge in [-0.15, -0.1) is 0 Å². The molecule has 0 aromatic rings. The maximum atomic E-state index is 6.05. The molecule has 1 saturated heterocycles. The number of halogens is 1. The predicted molar refractivity (Wildman–Crippen MR) is 87.8 cm³/mol. The van der Waals surface area contributed by atoms with Crippen molar-refractivity contribution in [1.82, 2.24) is 0 Å². The van der Waals surface area contributed by atoms with Gasteiger partial charge in [0.05, 0.1) is 14.2 Å². The molecule has 102 valence electrons. The number of hydrogen-bond acceptors (Lipinski definition) is 1. The van der Waals surface area contributed by atoms with Crippen molar-refractivity contribution in [3.63, 3.8) is 0 Å². The maximum absolute atomic E-state index is 6.05. The van der Waals surface area contributed by atoms with Gasteiger partial charge in [-0.25, -0.2) is 0 Å². The molecule has 0 amide bonds. The van der Waals surface area contributed by atoms with Crippen molar-refractivity contribution in [2.45, 2.75) is 87.3 Å². The summed E-state index contributed by atoms with van der Waals surface area (Å²) in [6.45, 7) is 17.1. The van der Waals surface area contributed by atoms with Crippen LogP contribution in [0.5, 0.6) is 0 Å². The highest BCUT2D eigenvalue weighted by Crippen LogP contribution is 2.55. The van der Waals surface area contributed by atoms with Crippen molar-refractivity contribution in [3.05, 3.63) is 0 Å². The largest absolute Gasteiger partial charge is 0.365 e. The molecule has 0 aromatic carbocycles. The first-order valence-corrected chi connectivity index (χ1v) is 10.6. The molecule has 1 aliphatic rings. The van der Waals surface area contributed by atoms with Crippen LogP contribution < -0.4 is 0 Å². The quantitative estimate of drug-likeness (QED) is 0.356. The minimum Gasteiger partial charge on any atom is -0.365 e. The molecule has 0 saturated carbocycles.